The van der Waals surface area contributed by atoms with E-state index in [2.05, 4.69) is 5.32 Å². The van der Waals surface area contributed by atoms with Crippen molar-refractivity contribution in [3.05, 3.63) is 90.0 Å². The third kappa shape index (κ3) is 8.97. The zero-order chi connectivity index (χ0) is 30.8. The van der Waals surface area contributed by atoms with E-state index < -0.39 is 16.1 Å². The van der Waals surface area contributed by atoms with Crippen LogP contribution in [0.1, 0.15) is 44.2 Å². The van der Waals surface area contributed by atoms with Gasteiger partial charge in [0.25, 0.3) is 0 Å². The van der Waals surface area contributed by atoms with Crippen molar-refractivity contribution in [1.29, 1.82) is 0 Å². The molecule has 43 heavy (non-hydrogen) atoms. The van der Waals surface area contributed by atoms with E-state index in [9.17, 15) is 18.0 Å². The smallest absolute Gasteiger partial charge is 0.243 e. The predicted molar refractivity (Wildman–Crippen MR) is 168 cm³/mol. The molecule has 1 aliphatic heterocycles. The number of sulfonamides is 1. The summed E-state index contributed by atoms with van der Waals surface area (Å²) in [4.78, 5) is 29.2. The van der Waals surface area contributed by atoms with Crippen LogP contribution in [-0.4, -0.2) is 63.2 Å². The number of rotatable bonds is 14. The van der Waals surface area contributed by atoms with Crippen LogP contribution < -0.4 is 19.1 Å². The molecule has 1 aliphatic rings. The van der Waals surface area contributed by atoms with Crippen LogP contribution in [0.2, 0.25) is 0 Å². The van der Waals surface area contributed by atoms with E-state index >= 15 is 0 Å². The Morgan fingerprint density at radius 3 is 2.16 bits per heavy atom. The number of fused-ring (bicyclic) bond motifs is 1. The highest BCUT2D eigenvalue weighted by molar-refractivity contribution is 7.92. The highest BCUT2D eigenvalue weighted by Gasteiger charge is 2.31. The van der Waals surface area contributed by atoms with Crippen molar-refractivity contribution in [1.82, 2.24) is 10.2 Å². The first-order chi connectivity index (χ1) is 20.7. The van der Waals surface area contributed by atoms with Crippen molar-refractivity contribution >= 4 is 27.5 Å². The quantitative estimate of drug-likeness (QED) is 0.288. The Morgan fingerprint density at radius 2 is 1.53 bits per heavy atom. The predicted octanol–water partition coefficient (Wildman–Crippen LogP) is 4.56. The zero-order valence-corrected chi connectivity index (χ0v) is 25.9. The Balaban J connectivity index is 1.56. The van der Waals surface area contributed by atoms with Crippen molar-refractivity contribution < 1.29 is 27.5 Å². The molecular formula is C33H41N3O6S. The molecule has 0 aromatic heterocycles. The van der Waals surface area contributed by atoms with Crippen molar-refractivity contribution in [3.63, 3.8) is 0 Å². The minimum absolute atomic E-state index is 0.0474. The molecule has 0 radical (unpaired) electrons. The van der Waals surface area contributed by atoms with E-state index in [1.54, 1.807) is 23.1 Å². The van der Waals surface area contributed by atoms with Crippen LogP contribution in [0.15, 0.2) is 78.9 Å². The van der Waals surface area contributed by atoms with Gasteiger partial charge >= 0.3 is 0 Å². The number of amides is 2. The first-order valence-corrected chi connectivity index (χ1v) is 16.6. The van der Waals surface area contributed by atoms with Crippen molar-refractivity contribution in [2.45, 2.75) is 58.2 Å². The molecule has 0 saturated carbocycles. The zero-order valence-electron chi connectivity index (χ0n) is 25.1. The monoisotopic (exact) mass is 607 g/mol. The molecule has 0 fully saturated rings. The first-order valence-electron chi connectivity index (χ1n) is 14.7. The molecule has 0 unspecified atom stereocenters. The molecule has 1 N–H and O–H groups in total. The molecule has 2 atom stereocenters. The van der Waals surface area contributed by atoms with Crippen LogP contribution in [0, 0.1) is 0 Å². The molecular weight excluding hydrogens is 566 g/mol. The lowest BCUT2D eigenvalue weighted by Crippen LogP contribution is -2.52. The molecule has 0 saturated heterocycles. The summed E-state index contributed by atoms with van der Waals surface area (Å²) in [7, 11) is -3.65. The number of carbonyl (C=O) groups excluding carboxylic acids is 2. The fourth-order valence-electron chi connectivity index (χ4n) is 4.97. The van der Waals surface area contributed by atoms with Crippen molar-refractivity contribution in [2.75, 3.05) is 30.3 Å². The second-order valence-corrected chi connectivity index (χ2v) is 12.7. The molecule has 9 nitrogen and oxygen atoms in total. The Morgan fingerprint density at radius 1 is 0.907 bits per heavy atom. The van der Waals surface area contributed by atoms with E-state index in [0.717, 1.165) is 23.8 Å². The number of benzene rings is 3. The maximum atomic E-state index is 13.9. The Labute approximate surface area is 254 Å². The van der Waals surface area contributed by atoms with E-state index in [1.807, 2.05) is 74.5 Å². The fraction of sp³-hybridized carbons (Fsp3) is 0.394. The number of nitrogens with one attached hydrogen (secondary N) is 1. The molecule has 2 amide bonds. The maximum Gasteiger partial charge on any atom is 0.243 e. The van der Waals surface area contributed by atoms with Crippen molar-refractivity contribution in [2.24, 2.45) is 0 Å². The van der Waals surface area contributed by atoms with Gasteiger partial charge in [0.1, 0.15) is 19.3 Å². The van der Waals surface area contributed by atoms with E-state index in [4.69, 9.17) is 9.47 Å². The third-order valence-electron chi connectivity index (χ3n) is 7.43. The largest absolute Gasteiger partial charge is 0.486 e. The van der Waals surface area contributed by atoms with Crippen LogP contribution in [0.3, 0.4) is 0 Å². The average Bonchev–Trinajstić information content (AvgIpc) is 3.01. The standard InChI is InChI=1S/C33H41N3O6S/c1-4-25(2)34-33(38)29(22-26-12-7-5-8-13-26)35(24-27-14-9-6-10-15-27)32(37)16-11-19-36(43(3,39)40)28-17-18-30-31(23-28)42-21-20-41-30/h5-10,12-15,17-18,23,25,29H,4,11,16,19-22,24H2,1-3H3,(H,34,38)/t25-,29-/m1/s1. The third-order valence-corrected chi connectivity index (χ3v) is 8.63. The van der Waals surface area contributed by atoms with Crippen LogP contribution in [0.25, 0.3) is 0 Å². The summed E-state index contributed by atoms with van der Waals surface area (Å²) in [6.07, 6.45) is 2.58. The highest BCUT2D eigenvalue weighted by atomic mass is 32.2. The van der Waals surface area contributed by atoms with Crippen LogP contribution in [0.4, 0.5) is 5.69 Å². The van der Waals surface area contributed by atoms with Gasteiger partial charge in [-0.25, -0.2) is 8.42 Å². The van der Waals surface area contributed by atoms with Gasteiger partial charge in [0.05, 0.1) is 11.9 Å². The van der Waals surface area contributed by atoms with Gasteiger partial charge in [-0.1, -0.05) is 67.6 Å². The summed E-state index contributed by atoms with van der Waals surface area (Å²) in [6.45, 7) is 5.10. The summed E-state index contributed by atoms with van der Waals surface area (Å²) in [5.74, 6) is 0.616. The number of ether oxygens (including phenoxy) is 2. The maximum absolute atomic E-state index is 13.9. The fourth-order valence-corrected chi connectivity index (χ4v) is 5.92. The lowest BCUT2D eigenvalue weighted by molar-refractivity contribution is -0.141. The number of anilines is 1. The average molecular weight is 608 g/mol. The summed E-state index contributed by atoms with van der Waals surface area (Å²) in [5, 5.41) is 3.07. The van der Waals surface area contributed by atoms with Gasteiger partial charge in [-0.2, -0.15) is 0 Å². The van der Waals surface area contributed by atoms with Crippen molar-refractivity contribution in [3.8, 4) is 11.5 Å². The molecule has 230 valence electrons. The molecule has 10 heteroatoms. The minimum atomic E-state index is -3.65. The van der Waals surface area contributed by atoms with E-state index in [0.29, 0.717) is 36.8 Å². The molecule has 0 aliphatic carbocycles. The van der Waals surface area contributed by atoms with Crippen LogP contribution in [0.5, 0.6) is 11.5 Å². The molecule has 4 rings (SSSR count). The summed E-state index contributed by atoms with van der Waals surface area (Å²) in [6, 6.07) is 23.4. The second kappa shape index (κ2) is 14.9. The molecule has 3 aromatic carbocycles. The normalized spacial score (nSPS) is 13.9. The van der Waals surface area contributed by atoms with Crippen LogP contribution in [-0.2, 0) is 32.6 Å². The number of nitrogens with zero attached hydrogens (tertiary/aromatic N) is 2. The van der Waals surface area contributed by atoms with Gasteiger partial charge in [0, 0.05) is 38.0 Å². The van der Waals surface area contributed by atoms with Gasteiger partial charge < -0.3 is 19.7 Å². The molecule has 0 spiro atoms. The highest BCUT2D eigenvalue weighted by Crippen LogP contribution is 2.34. The van der Waals surface area contributed by atoms with Gasteiger partial charge in [-0.05, 0) is 43.0 Å². The summed E-state index contributed by atoms with van der Waals surface area (Å²) in [5.41, 5.74) is 2.29. The SMILES string of the molecule is CC[C@@H](C)NC(=O)[C@@H](Cc1ccccc1)N(Cc1ccccc1)C(=O)CCCN(c1ccc2c(c1)OCCO2)S(C)(=O)=O. The van der Waals surface area contributed by atoms with E-state index in [1.165, 1.54) is 4.31 Å². The molecule has 0 bridgehead atoms. The number of hydrogen-bond donors (Lipinski definition) is 1. The topological polar surface area (TPSA) is 105 Å². The summed E-state index contributed by atoms with van der Waals surface area (Å²) < 4.78 is 38.1. The molecule has 3 aromatic rings. The summed E-state index contributed by atoms with van der Waals surface area (Å²) >= 11 is 0. The Kier molecular flexibility index (Phi) is 11.1. The van der Waals surface area contributed by atoms with Gasteiger partial charge in [0.2, 0.25) is 21.8 Å². The van der Waals surface area contributed by atoms with E-state index in [-0.39, 0.29) is 43.8 Å². The number of carbonyl (C=O) groups is 2. The lowest BCUT2D eigenvalue weighted by Gasteiger charge is -2.32. The number of hydrogen-bond acceptors (Lipinski definition) is 6. The Hall–Kier alpha value is -4.05. The van der Waals surface area contributed by atoms with Gasteiger partial charge in [0.15, 0.2) is 11.5 Å². The Bertz CT molecular complexity index is 1470. The minimum Gasteiger partial charge on any atom is -0.486 e. The van der Waals surface area contributed by atoms with Gasteiger partial charge in [-0.15, -0.1) is 0 Å². The molecule has 1 heterocycles. The van der Waals surface area contributed by atoms with Gasteiger partial charge in [-0.3, -0.25) is 13.9 Å². The van der Waals surface area contributed by atoms with Crippen LogP contribution >= 0.6 is 0 Å². The second-order valence-electron chi connectivity index (χ2n) is 10.8. The first kappa shape index (κ1) is 31.9. The lowest BCUT2D eigenvalue weighted by atomic mass is 10.0.